The van der Waals surface area contributed by atoms with Gasteiger partial charge in [-0.3, -0.25) is 9.36 Å². The first kappa shape index (κ1) is 16.0. The summed E-state index contributed by atoms with van der Waals surface area (Å²) in [4.78, 5) is 24.1. The molecule has 3 aromatic rings. The van der Waals surface area contributed by atoms with E-state index in [-0.39, 0.29) is 21.1 Å². The Bertz CT molecular complexity index is 1050. The van der Waals surface area contributed by atoms with E-state index < -0.39 is 22.9 Å². The summed E-state index contributed by atoms with van der Waals surface area (Å²) in [6, 6.07) is 8.75. The van der Waals surface area contributed by atoms with Crippen LogP contribution in [0.1, 0.15) is 10.4 Å². The molecule has 5 N–H and O–H groups in total. The number of rotatable bonds is 2. The Balaban J connectivity index is 2.55. The van der Waals surface area contributed by atoms with Gasteiger partial charge < -0.3 is 16.6 Å². The van der Waals surface area contributed by atoms with Crippen LogP contribution in [0.2, 0.25) is 0 Å². The van der Waals surface area contributed by atoms with Crippen LogP contribution in [-0.2, 0) is 0 Å². The molecular weight excluding hydrogens is 381 g/mol. The van der Waals surface area contributed by atoms with Gasteiger partial charge in [0.2, 0.25) is 0 Å². The van der Waals surface area contributed by atoms with E-state index in [1.807, 2.05) is 0 Å². The quantitative estimate of drug-likeness (QED) is 0.581. The average Bonchev–Trinajstić information content (AvgIpc) is 2.51. The van der Waals surface area contributed by atoms with Crippen LogP contribution < -0.4 is 17.0 Å². The second-order valence-electron chi connectivity index (χ2n) is 5.11. The van der Waals surface area contributed by atoms with Gasteiger partial charge in [-0.2, -0.15) is 0 Å². The Morgan fingerprint density at radius 1 is 1.17 bits per heavy atom. The zero-order valence-corrected chi connectivity index (χ0v) is 13.7. The molecule has 24 heavy (non-hydrogen) atoms. The van der Waals surface area contributed by atoms with Gasteiger partial charge in [0.05, 0.1) is 15.7 Å². The largest absolute Gasteiger partial charge is 0.477 e. The summed E-state index contributed by atoms with van der Waals surface area (Å²) in [6.07, 6.45) is 0. The fourth-order valence-electron chi connectivity index (χ4n) is 2.49. The summed E-state index contributed by atoms with van der Waals surface area (Å²) in [5.74, 6) is -2.10. The van der Waals surface area contributed by atoms with Gasteiger partial charge in [-0.05, 0) is 52.3 Å². The number of hydrogen-bond donors (Lipinski definition) is 3. The Morgan fingerprint density at radius 2 is 1.79 bits per heavy atom. The average molecular weight is 392 g/mol. The number of benzene rings is 2. The molecule has 6 nitrogen and oxygen atoms in total. The van der Waals surface area contributed by atoms with Crippen LogP contribution in [0.25, 0.3) is 16.6 Å². The zero-order valence-electron chi connectivity index (χ0n) is 12.1. The van der Waals surface area contributed by atoms with E-state index in [2.05, 4.69) is 15.9 Å². The van der Waals surface area contributed by atoms with Crippen molar-refractivity contribution in [3.63, 3.8) is 0 Å². The van der Waals surface area contributed by atoms with Crippen molar-refractivity contribution in [3.8, 4) is 5.69 Å². The van der Waals surface area contributed by atoms with Crippen molar-refractivity contribution >= 4 is 44.2 Å². The highest BCUT2D eigenvalue weighted by Gasteiger charge is 2.22. The number of carboxylic acids is 1. The van der Waals surface area contributed by atoms with E-state index >= 15 is 0 Å². The SMILES string of the molecule is Nc1ccc(-n2c(=O)c(C(=O)O)c(N)c3cc(F)c(Br)cc32)cc1. The second kappa shape index (κ2) is 5.64. The van der Waals surface area contributed by atoms with E-state index in [1.54, 1.807) is 24.3 Å². The lowest BCUT2D eigenvalue weighted by Gasteiger charge is -2.15. The molecule has 0 saturated heterocycles. The van der Waals surface area contributed by atoms with Crippen molar-refractivity contribution in [1.29, 1.82) is 0 Å². The van der Waals surface area contributed by atoms with E-state index in [0.717, 1.165) is 6.07 Å². The van der Waals surface area contributed by atoms with Crippen LogP contribution in [0.15, 0.2) is 45.7 Å². The minimum absolute atomic E-state index is 0.126. The second-order valence-corrected chi connectivity index (χ2v) is 5.96. The highest BCUT2D eigenvalue weighted by Crippen LogP contribution is 2.29. The number of carbonyl (C=O) groups is 1. The number of nitrogens with zero attached hydrogens (tertiary/aromatic N) is 1. The molecule has 0 spiro atoms. The van der Waals surface area contributed by atoms with E-state index in [9.17, 15) is 19.1 Å². The molecule has 0 bridgehead atoms. The lowest BCUT2D eigenvalue weighted by atomic mass is 10.1. The minimum atomic E-state index is -1.48. The third-order valence-electron chi connectivity index (χ3n) is 3.62. The predicted octanol–water partition coefficient (Wildman–Crippen LogP) is 2.75. The topological polar surface area (TPSA) is 111 Å². The van der Waals surface area contributed by atoms with E-state index in [1.165, 1.54) is 10.6 Å². The summed E-state index contributed by atoms with van der Waals surface area (Å²) in [5.41, 5.74) is 10.9. The molecule has 0 atom stereocenters. The molecule has 2 aromatic carbocycles. The molecule has 0 fully saturated rings. The van der Waals surface area contributed by atoms with Gasteiger partial charge in [-0.25, -0.2) is 9.18 Å². The summed E-state index contributed by atoms with van der Waals surface area (Å²) in [7, 11) is 0. The van der Waals surface area contributed by atoms with Crippen molar-refractivity contribution < 1.29 is 14.3 Å². The van der Waals surface area contributed by atoms with Crippen LogP contribution in [0.4, 0.5) is 15.8 Å². The molecule has 0 unspecified atom stereocenters. The maximum atomic E-state index is 13.9. The van der Waals surface area contributed by atoms with Gasteiger partial charge in [0, 0.05) is 16.8 Å². The predicted molar refractivity (Wildman–Crippen MR) is 93.0 cm³/mol. The number of anilines is 2. The van der Waals surface area contributed by atoms with Gasteiger partial charge in [0.15, 0.2) is 0 Å². The number of fused-ring (bicyclic) bond motifs is 1. The zero-order chi connectivity index (χ0) is 17.6. The van der Waals surface area contributed by atoms with Crippen LogP contribution in [0.5, 0.6) is 0 Å². The van der Waals surface area contributed by atoms with Crippen molar-refractivity contribution in [2.75, 3.05) is 11.5 Å². The Morgan fingerprint density at radius 3 is 2.38 bits per heavy atom. The number of nitrogen functional groups attached to an aromatic ring is 2. The maximum Gasteiger partial charge on any atom is 0.343 e. The molecular formula is C16H11BrFN3O3. The molecule has 0 amide bonds. The summed E-state index contributed by atoms with van der Waals surface area (Å²) >= 11 is 3.06. The van der Waals surface area contributed by atoms with Crippen molar-refractivity contribution in [2.45, 2.75) is 0 Å². The number of aromatic nitrogens is 1. The highest BCUT2D eigenvalue weighted by atomic mass is 79.9. The normalized spacial score (nSPS) is 10.9. The van der Waals surface area contributed by atoms with Gasteiger partial charge in [0.25, 0.3) is 5.56 Å². The van der Waals surface area contributed by atoms with E-state index in [0.29, 0.717) is 11.4 Å². The molecule has 122 valence electrons. The third-order valence-corrected chi connectivity index (χ3v) is 4.23. The van der Waals surface area contributed by atoms with E-state index in [4.69, 9.17) is 11.5 Å². The van der Waals surface area contributed by atoms with Gasteiger partial charge in [-0.1, -0.05) is 0 Å². The van der Waals surface area contributed by atoms with Gasteiger partial charge in [-0.15, -0.1) is 0 Å². The smallest absolute Gasteiger partial charge is 0.343 e. The standard InChI is InChI=1S/C16H11BrFN3O3/c17-10-6-12-9(5-11(10)18)14(20)13(16(23)24)15(22)21(12)8-3-1-7(19)2-4-8/h1-6H,19-20H2,(H,23,24). The molecule has 0 aliphatic heterocycles. The molecule has 0 aliphatic carbocycles. The highest BCUT2D eigenvalue weighted by molar-refractivity contribution is 9.10. The lowest BCUT2D eigenvalue weighted by Crippen LogP contribution is -2.27. The molecule has 8 heteroatoms. The van der Waals surface area contributed by atoms with Gasteiger partial charge in [0.1, 0.15) is 11.4 Å². The Hall–Kier alpha value is -2.87. The van der Waals surface area contributed by atoms with Crippen molar-refractivity contribution in [2.24, 2.45) is 0 Å². The molecule has 0 radical (unpaired) electrons. The number of hydrogen-bond acceptors (Lipinski definition) is 4. The molecule has 3 rings (SSSR count). The first-order valence-electron chi connectivity index (χ1n) is 6.73. The third kappa shape index (κ3) is 2.41. The first-order chi connectivity index (χ1) is 11.3. The van der Waals surface area contributed by atoms with Crippen molar-refractivity contribution in [1.82, 2.24) is 4.57 Å². The lowest BCUT2D eigenvalue weighted by molar-refractivity contribution is 0.0696. The molecule has 0 aliphatic rings. The monoisotopic (exact) mass is 391 g/mol. The Kier molecular flexibility index (Phi) is 3.76. The van der Waals surface area contributed by atoms with Crippen LogP contribution in [-0.4, -0.2) is 15.6 Å². The fourth-order valence-corrected chi connectivity index (χ4v) is 2.83. The summed E-state index contributed by atoms with van der Waals surface area (Å²) in [5, 5.41) is 9.46. The Labute approximate surface area is 143 Å². The fraction of sp³-hybridized carbons (Fsp3) is 0. The summed E-state index contributed by atoms with van der Waals surface area (Å²) < 4.78 is 15.2. The molecule has 0 saturated carbocycles. The minimum Gasteiger partial charge on any atom is -0.477 e. The maximum absolute atomic E-state index is 13.9. The van der Waals surface area contributed by atoms with Crippen LogP contribution >= 0.6 is 15.9 Å². The number of halogens is 2. The summed E-state index contributed by atoms with van der Waals surface area (Å²) in [6.45, 7) is 0. The molecule has 1 aromatic heterocycles. The number of pyridine rings is 1. The number of aromatic carboxylic acids is 1. The molecule has 1 heterocycles. The van der Waals surface area contributed by atoms with Crippen LogP contribution in [0.3, 0.4) is 0 Å². The number of nitrogens with two attached hydrogens (primary N) is 2. The van der Waals surface area contributed by atoms with Crippen LogP contribution in [0, 0.1) is 5.82 Å². The number of carboxylic acid groups (broad SMARTS) is 1. The van der Waals surface area contributed by atoms with Gasteiger partial charge >= 0.3 is 5.97 Å². The van der Waals surface area contributed by atoms with Crippen molar-refractivity contribution in [3.05, 3.63) is 62.6 Å². The first-order valence-corrected chi connectivity index (χ1v) is 7.53.